The van der Waals surface area contributed by atoms with E-state index in [-0.39, 0.29) is 17.7 Å². The zero-order valence-electron chi connectivity index (χ0n) is 19.8. The first-order valence-corrected chi connectivity index (χ1v) is 11.5. The molecule has 3 rings (SSSR count). The van der Waals surface area contributed by atoms with Crippen LogP contribution in [0.4, 0.5) is 5.69 Å². The Morgan fingerprint density at radius 3 is 2.10 bits per heavy atom. The molecule has 1 heterocycles. The highest BCUT2D eigenvalue weighted by Gasteiger charge is 2.30. The molecule has 2 aromatic carbocycles. The van der Waals surface area contributed by atoms with E-state index in [1.807, 2.05) is 30.9 Å². The highest BCUT2D eigenvalue weighted by Crippen LogP contribution is 2.33. The molecule has 1 aliphatic rings. The molecular formula is C27H36N2O2. The Balaban J connectivity index is 1.78. The highest BCUT2D eigenvalue weighted by atomic mass is 16.2. The maximum absolute atomic E-state index is 13.3. The van der Waals surface area contributed by atoms with Gasteiger partial charge in [0.25, 0.3) is 5.91 Å². The van der Waals surface area contributed by atoms with E-state index in [0.29, 0.717) is 30.5 Å². The predicted molar refractivity (Wildman–Crippen MR) is 128 cm³/mol. The van der Waals surface area contributed by atoms with Gasteiger partial charge >= 0.3 is 0 Å². The Hall–Kier alpha value is -2.62. The van der Waals surface area contributed by atoms with Crippen molar-refractivity contribution < 1.29 is 9.59 Å². The number of para-hydroxylation sites is 1. The summed E-state index contributed by atoms with van der Waals surface area (Å²) in [6.07, 6.45) is 1.65. The van der Waals surface area contributed by atoms with Gasteiger partial charge in [-0.3, -0.25) is 9.59 Å². The molecule has 1 saturated heterocycles. The summed E-state index contributed by atoms with van der Waals surface area (Å²) in [5.41, 5.74) is 6.17. The fraction of sp³-hybridized carbons (Fsp3) is 0.481. The topological polar surface area (TPSA) is 49.4 Å². The molecule has 0 aliphatic carbocycles. The van der Waals surface area contributed by atoms with Crippen molar-refractivity contribution in [2.24, 2.45) is 5.92 Å². The Bertz CT molecular complexity index is 915. The van der Waals surface area contributed by atoms with Crippen LogP contribution in [0.15, 0.2) is 36.4 Å². The number of benzene rings is 2. The van der Waals surface area contributed by atoms with Gasteiger partial charge < -0.3 is 10.2 Å². The van der Waals surface area contributed by atoms with Crippen molar-refractivity contribution in [3.63, 3.8) is 0 Å². The number of hydrogen-bond acceptors (Lipinski definition) is 2. The number of likely N-dealkylation sites (tertiary alicyclic amines) is 1. The smallest absolute Gasteiger partial charge is 0.253 e. The first-order chi connectivity index (χ1) is 14.7. The Kier molecular flexibility index (Phi) is 7.19. The third-order valence-electron chi connectivity index (χ3n) is 6.17. The van der Waals surface area contributed by atoms with Crippen molar-refractivity contribution in [1.82, 2.24) is 4.90 Å². The van der Waals surface area contributed by atoms with Crippen LogP contribution in [0.25, 0.3) is 0 Å². The average Bonchev–Trinajstić information content (AvgIpc) is 2.72. The monoisotopic (exact) mass is 420 g/mol. The zero-order chi connectivity index (χ0) is 22.7. The van der Waals surface area contributed by atoms with Gasteiger partial charge in [0.15, 0.2) is 0 Å². The van der Waals surface area contributed by atoms with Gasteiger partial charge in [0, 0.05) is 24.3 Å². The standard InChI is InChI=1S/C27H36N2O2/c1-17(2)23-10-7-11-24(18(3)4)25(23)28-26(30)21-9-8-12-29(16-21)27(31)22-14-19(5)13-20(6)15-22/h7,10-11,13-15,17-18,21H,8-9,12,16H2,1-6H3,(H,28,30). The van der Waals surface area contributed by atoms with Crippen molar-refractivity contribution in [1.29, 1.82) is 0 Å². The van der Waals surface area contributed by atoms with E-state index >= 15 is 0 Å². The van der Waals surface area contributed by atoms with Gasteiger partial charge in [-0.1, -0.05) is 63.1 Å². The van der Waals surface area contributed by atoms with Gasteiger partial charge in [-0.25, -0.2) is 0 Å². The lowest BCUT2D eigenvalue weighted by Crippen LogP contribution is -2.44. The number of nitrogens with one attached hydrogen (secondary N) is 1. The number of aryl methyl sites for hydroxylation is 2. The molecule has 0 aromatic heterocycles. The van der Waals surface area contributed by atoms with Crippen molar-refractivity contribution in [2.45, 2.75) is 66.2 Å². The second-order valence-corrected chi connectivity index (χ2v) is 9.58. The molecule has 31 heavy (non-hydrogen) atoms. The lowest BCUT2D eigenvalue weighted by atomic mass is 9.91. The quantitative estimate of drug-likeness (QED) is 0.641. The fourth-order valence-electron chi connectivity index (χ4n) is 4.58. The second kappa shape index (κ2) is 9.67. The molecule has 4 heteroatoms. The zero-order valence-corrected chi connectivity index (χ0v) is 19.8. The van der Waals surface area contributed by atoms with Gasteiger partial charge in [0.2, 0.25) is 5.91 Å². The van der Waals surface area contributed by atoms with Crippen LogP contribution in [0.1, 0.15) is 85.0 Å². The SMILES string of the molecule is Cc1cc(C)cc(C(=O)N2CCCC(C(=O)Nc3c(C(C)C)cccc3C(C)C)C2)c1. The molecule has 0 bridgehead atoms. The number of hydrogen-bond donors (Lipinski definition) is 1. The highest BCUT2D eigenvalue weighted by molar-refractivity contribution is 5.97. The fourth-order valence-corrected chi connectivity index (χ4v) is 4.58. The Morgan fingerprint density at radius 1 is 0.968 bits per heavy atom. The normalized spacial score (nSPS) is 16.6. The van der Waals surface area contributed by atoms with E-state index < -0.39 is 0 Å². The summed E-state index contributed by atoms with van der Waals surface area (Å²) in [5, 5.41) is 3.25. The molecule has 166 valence electrons. The summed E-state index contributed by atoms with van der Waals surface area (Å²) in [6, 6.07) is 12.2. The number of nitrogens with zero attached hydrogens (tertiary/aromatic N) is 1. The van der Waals surface area contributed by atoms with Gasteiger partial charge in [0.05, 0.1) is 5.92 Å². The summed E-state index contributed by atoms with van der Waals surface area (Å²) in [4.78, 5) is 28.2. The largest absolute Gasteiger partial charge is 0.338 e. The van der Waals surface area contributed by atoms with E-state index in [2.05, 4.69) is 57.3 Å². The van der Waals surface area contributed by atoms with Crippen LogP contribution < -0.4 is 5.32 Å². The van der Waals surface area contributed by atoms with Gasteiger partial charge in [-0.05, 0) is 61.8 Å². The lowest BCUT2D eigenvalue weighted by Gasteiger charge is -2.33. The summed E-state index contributed by atoms with van der Waals surface area (Å²) in [7, 11) is 0. The number of carbonyl (C=O) groups is 2. The molecule has 1 unspecified atom stereocenters. The molecule has 1 aliphatic heterocycles. The van der Waals surface area contributed by atoms with E-state index in [4.69, 9.17) is 0 Å². The summed E-state index contributed by atoms with van der Waals surface area (Å²) in [5.74, 6) is 0.498. The Morgan fingerprint density at radius 2 is 1.55 bits per heavy atom. The molecule has 2 amide bonds. The van der Waals surface area contributed by atoms with Gasteiger partial charge in [-0.2, -0.15) is 0 Å². The third-order valence-corrected chi connectivity index (χ3v) is 6.17. The molecule has 2 aromatic rings. The van der Waals surface area contributed by atoms with Gasteiger partial charge in [-0.15, -0.1) is 0 Å². The first kappa shape index (κ1) is 23.1. The lowest BCUT2D eigenvalue weighted by molar-refractivity contribution is -0.121. The number of anilines is 1. The number of piperidine rings is 1. The van der Waals surface area contributed by atoms with Crippen LogP contribution >= 0.6 is 0 Å². The predicted octanol–water partition coefficient (Wildman–Crippen LogP) is 6.04. The van der Waals surface area contributed by atoms with Crippen LogP contribution in [0.2, 0.25) is 0 Å². The van der Waals surface area contributed by atoms with Gasteiger partial charge in [0.1, 0.15) is 0 Å². The van der Waals surface area contributed by atoms with E-state index in [0.717, 1.165) is 29.7 Å². The number of carbonyl (C=O) groups excluding carboxylic acids is 2. The van der Waals surface area contributed by atoms with Crippen molar-refractivity contribution in [2.75, 3.05) is 18.4 Å². The first-order valence-electron chi connectivity index (χ1n) is 11.5. The molecule has 1 N–H and O–H groups in total. The number of rotatable bonds is 5. The molecule has 0 spiro atoms. The van der Waals surface area contributed by atoms with E-state index in [1.165, 1.54) is 11.1 Å². The minimum Gasteiger partial charge on any atom is -0.338 e. The molecule has 0 saturated carbocycles. The maximum atomic E-state index is 13.3. The van der Waals surface area contributed by atoms with Crippen LogP contribution in [-0.4, -0.2) is 29.8 Å². The Labute approximate surface area is 187 Å². The molecule has 4 nitrogen and oxygen atoms in total. The van der Waals surface area contributed by atoms with Crippen LogP contribution in [-0.2, 0) is 4.79 Å². The molecule has 1 fully saturated rings. The van der Waals surface area contributed by atoms with Crippen molar-refractivity contribution in [3.8, 4) is 0 Å². The summed E-state index contributed by atoms with van der Waals surface area (Å²) >= 11 is 0. The average molecular weight is 421 g/mol. The third kappa shape index (κ3) is 5.36. The maximum Gasteiger partial charge on any atom is 0.253 e. The van der Waals surface area contributed by atoms with Crippen LogP contribution in [0, 0.1) is 19.8 Å². The summed E-state index contributed by atoms with van der Waals surface area (Å²) < 4.78 is 0. The van der Waals surface area contributed by atoms with Crippen molar-refractivity contribution in [3.05, 3.63) is 64.2 Å². The second-order valence-electron chi connectivity index (χ2n) is 9.58. The molecular weight excluding hydrogens is 384 g/mol. The molecule has 0 radical (unpaired) electrons. The van der Waals surface area contributed by atoms with E-state index in [1.54, 1.807) is 0 Å². The molecule has 1 atom stereocenters. The minimum absolute atomic E-state index is 0.0212. The van der Waals surface area contributed by atoms with E-state index in [9.17, 15) is 9.59 Å². The number of amides is 2. The van der Waals surface area contributed by atoms with Crippen molar-refractivity contribution >= 4 is 17.5 Å². The van der Waals surface area contributed by atoms with Crippen LogP contribution in [0.5, 0.6) is 0 Å². The van der Waals surface area contributed by atoms with Crippen LogP contribution in [0.3, 0.4) is 0 Å². The summed E-state index contributed by atoms with van der Waals surface area (Å²) in [6.45, 7) is 13.8. The minimum atomic E-state index is -0.191.